The molecule has 3 aromatic heterocycles. The number of hydrogen-bond donors (Lipinski definition) is 1. The Balaban J connectivity index is 2.13. The van der Waals surface area contributed by atoms with Gasteiger partial charge in [-0.3, -0.25) is 9.20 Å². The van der Waals surface area contributed by atoms with Gasteiger partial charge in [0.1, 0.15) is 10.3 Å². The number of halogens is 1. The summed E-state index contributed by atoms with van der Waals surface area (Å²) in [6.45, 7) is 0. The lowest BCUT2D eigenvalue weighted by Gasteiger charge is -2.03. The van der Waals surface area contributed by atoms with Crippen molar-refractivity contribution in [2.24, 2.45) is 0 Å². The van der Waals surface area contributed by atoms with Crippen LogP contribution in [0.2, 0.25) is 0 Å². The average molecular weight is 331 g/mol. The highest BCUT2D eigenvalue weighted by Gasteiger charge is 2.10. The number of nitrogens with one attached hydrogen (secondary N) is 1. The van der Waals surface area contributed by atoms with Gasteiger partial charge in [-0.05, 0) is 40.2 Å². The molecule has 1 N–H and O–H groups in total. The third kappa shape index (κ3) is 2.18. The van der Waals surface area contributed by atoms with Gasteiger partial charge in [-0.2, -0.15) is 0 Å². The second-order valence-electron chi connectivity index (χ2n) is 4.21. The molecule has 0 aromatic carbocycles. The molecule has 0 bridgehead atoms. The van der Waals surface area contributed by atoms with Crippen molar-refractivity contribution in [3.8, 4) is 11.4 Å². The van der Waals surface area contributed by atoms with Gasteiger partial charge in [-0.15, -0.1) is 0 Å². The molecule has 0 spiro atoms. The summed E-state index contributed by atoms with van der Waals surface area (Å²) < 4.78 is 2.67. The molecular weight excluding hydrogens is 320 g/mol. The Labute approximate surface area is 123 Å². The minimum absolute atomic E-state index is 0.127. The van der Waals surface area contributed by atoms with Gasteiger partial charge in [-0.25, -0.2) is 9.97 Å². The van der Waals surface area contributed by atoms with Gasteiger partial charge in [0.2, 0.25) is 0 Å². The predicted molar refractivity (Wildman–Crippen MR) is 79.5 cm³/mol. The van der Waals surface area contributed by atoms with Crippen molar-refractivity contribution in [1.29, 1.82) is 0 Å². The van der Waals surface area contributed by atoms with E-state index in [1.54, 1.807) is 25.4 Å². The topological polar surface area (TPSA) is 59.3 Å². The molecule has 3 rings (SSSR count). The highest BCUT2D eigenvalue weighted by atomic mass is 79.9. The fourth-order valence-electron chi connectivity index (χ4n) is 2.01. The summed E-state index contributed by atoms with van der Waals surface area (Å²) in [5, 5.41) is 2.60. The fourth-order valence-corrected chi connectivity index (χ4v) is 2.35. The predicted octanol–water partition coefficient (Wildman–Crippen LogP) is 2.52. The van der Waals surface area contributed by atoms with E-state index in [-0.39, 0.29) is 5.91 Å². The zero-order valence-corrected chi connectivity index (χ0v) is 12.3. The first-order valence-corrected chi connectivity index (χ1v) is 6.80. The molecule has 5 nitrogen and oxygen atoms in total. The number of aromatic nitrogens is 3. The van der Waals surface area contributed by atoms with Crippen molar-refractivity contribution in [2.45, 2.75) is 0 Å². The van der Waals surface area contributed by atoms with Crippen LogP contribution in [0.25, 0.3) is 17.0 Å². The van der Waals surface area contributed by atoms with Gasteiger partial charge in [0.15, 0.2) is 0 Å². The van der Waals surface area contributed by atoms with E-state index in [4.69, 9.17) is 0 Å². The van der Waals surface area contributed by atoms with Crippen LogP contribution in [0.15, 0.2) is 47.3 Å². The highest BCUT2D eigenvalue weighted by molar-refractivity contribution is 9.10. The maximum atomic E-state index is 11.6. The van der Waals surface area contributed by atoms with E-state index in [1.807, 2.05) is 28.8 Å². The maximum absolute atomic E-state index is 11.6. The SMILES string of the molecule is CNC(=O)c1ccn2c(-c3cccc(Br)n3)cnc2c1. The molecule has 0 saturated heterocycles. The highest BCUT2D eigenvalue weighted by Crippen LogP contribution is 2.21. The van der Waals surface area contributed by atoms with E-state index in [2.05, 4.69) is 31.2 Å². The molecule has 6 heteroatoms. The van der Waals surface area contributed by atoms with Crippen LogP contribution in [-0.2, 0) is 0 Å². The van der Waals surface area contributed by atoms with E-state index in [0.717, 1.165) is 16.0 Å². The van der Waals surface area contributed by atoms with Crippen LogP contribution >= 0.6 is 15.9 Å². The zero-order valence-electron chi connectivity index (χ0n) is 10.7. The van der Waals surface area contributed by atoms with Crippen LogP contribution in [0.5, 0.6) is 0 Å². The number of amides is 1. The maximum Gasteiger partial charge on any atom is 0.251 e. The molecule has 20 heavy (non-hydrogen) atoms. The number of pyridine rings is 2. The second kappa shape index (κ2) is 5.05. The quantitative estimate of drug-likeness (QED) is 0.734. The summed E-state index contributed by atoms with van der Waals surface area (Å²) in [5.74, 6) is -0.127. The first kappa shape index (κ1) is 12.8. The Morgan fingerprint density at radius 1 is 1.35 bits per heavy atom. The van der Waals surface area contributed by atoms with Gasteiger partial charge >= 0.3 is 0 Å². The molecule has 0 radical (unpaired) electrons. The Morgan fingerprint density at radius 2 is 2.20 bits per heavy atom. The third-order valence-corrected chi connectivity index (χ3v) is 3.42. The van der Waals surface area contributed by atoms with Gasteiger partial charge in [-0.1, -0.05) is 6.07 Å². The van der Waals surface area contributed by atoms with E-state index in [9.17, 15) is 4.79 Å². The van der Waals surface area contributed by atoms with Crippen molar-refractivity contribution in [3.05, 3.63) is 52.9 Å². The van der Waals surface area contributed by atoms with Gasteiger partial charge in [0.05, 0.1) is 17.6 Å². The van der Waals surface area contributed by atoms with Crippen molar-refractivity contribution in [2.75, 3.05) is 7.05 Å². The largest absolute Gasteiger partial charge is 0.355 e. The molecule has 100 valence electrons. The van der Waals surface area contributed by atoms with Gasteiger partial charge in [0.25, 0.3) is 5.91 Å². The minimum atomic E-state index is -0.127. The number of nitrogens with zero attached hydrogens (tertiary/aromatic N) is 3. The van der Waals surface area contributed by atoms with Crippen LogP contribution < -0.4 is 5.32 Å². The van der Waals surface area contributed by atoms with Crippen molar-refractivity contribution in [3.63, 3.8) is 0 Å². The van der Waals surface area contributed by atoms with Gasteiger partial charge < -0.3 is 5.32 Å². The minimum Gasteiger partial charge on any atom is -0.355 e. The Kier molecular flexibility index (Phi) is 3.23. The Hall–Kier alpha value is -2.21. The van der Waals surface area contributed by atoms with Crippen LogP contribution in [0.3, 0.4) is 0 Å². The first-order valence-electron chi connectivity index (χ1n) is 6.01. The molecule has 0 unspecified atom stereocenters. The fraction of sp³-hybridized carbons (Fsp3) is 0.0714. The third-order valence-electron chi connectivity index (χ3n) is 2.98. The summed E-state index contributed by atoms with van der Waals surface area (Å²) in [4.78, 5) is 20.4. The van der Waals surface area contributed by atoms with Crippen LogP contribution in [-0.4, -0.2) is 27.3 Å². The number of carbonyl (C=O) groups excluding carboxylic acids is 1. The first-order chi connectivity index (χ1) is 9.69. The Morgan fingerprint density at radius 3 is 2.95 bits per heavy atom. The van der Waals surface area contributed by atoms with Crippen LogP contribution in [0, 0.1) is 0 Å². The zero-order chi connectivity index (χ0) is 14.1. The second-order valence-corrected chi connectivity index (χ2v) is 5.02. The van der Waals surface area contributed by atoms with Gasteiger partial charge in [0, 0.05) is 18.8 Å². The lowest BCUT2D eigenvalue weighted by Crippen LogP contribution is -2.17. The summed E-state index contributed by atoms with van der Waals surface area (Å²) in [5.41, 5.74) is 2.99. The van der Waals surface area contributed by atoms with Crippen molar-refractivity contribution < 1.29 is 4.79 Å². The molecule has 3 heterocycles. The molecule has 0 atom stereocenters. The summed E-state index contributed by atoms with van der Waals surface area (Å²) in [6.07, 6.45) is 3.57. The number of imidazole rings is 1. The van der Waals surface area contributed by atoms with Crippen molar-refractivity contribution in [1.82, 2.24) is 19.7 Å². The van der Waals surface area contributed by atoms with E-state index < -0.39 is 0 Å². The van der Waals surface area contributed by atoms with E-state index >= 15 is 0 Å². The number of hydrogen-bond acceptors (Lipinski definition) is 3. The van der Waals surface area contributed by atoms with E-state index in [1.165, 1.54) is 0 Å². The lowest BCUT2D eigenvalue weighted by molar-refractivity contribution is 0.0963. The Bertz CT molecular complexity index is 797. The molecule has 0 aliphatic rings. The van der Waals surface area contributed by atoms with Crippen LogP contribution in [0.1, 0.15) is 10.4 Å². The molecule has 0 aliphatic heterocycles. The number of rotatable bonds is 2. The van der Waals surface area contributed by atoms with Crippen molar-refractivity contribution >= 4 is 27.5 Å². The molecule has 1 amide bonds. The summed E-state index contributed by atoms with van der Waals surface area (Å²) in [7, 11) is 1.61. The summed E-state index contributed by atoms with van der Waals surface area (Å²) >= 11 is 3.36. The number of fused-ring (bicyclic) bond motifs is 1. The molecule has 0 fully saturated rings. The number of carbonyl (C=O) groups is 1. The normalized spacial score (nSPS) is 10.7. The lowest BCUT2D eigenvalue weighted by atomic mass is 10.2. The molecule has 0 saturated carbocycles. The molecule has 0 aliphatic carbocycles. The summed E-state index contributed by atoms with van der Waals surface area (Å²) in [6, 6.07) is 9.22. The molecular formula is C14H11BrN4O. The monoisotopic (exact) mass is 330 g/mol. The standard InChI is InChI=1S/C14H11BrN4O/c1-16-14(20)9-5-6-19-11(8-17-13(19)7-9)10-3-2-4-12(15)18-10/h2-8H,1H3,(H,16,20). The molecule has 3 aromatic rings. The van der Waals surface area contributed by atoms with Crippen LogP contribution in [0.4, 0.5) is 0 Å². The van der Waals surface area contributed by atoms with E-state index in [0.29, 0.717) is 11.2 Å². The smallest absolute Gasteiger partial charge is 0.251 e. The average Bonchev–Trinajstić information content (AvgIpc) is 2.89.